The molecular weight excluding hydrogens is 582 g/mol. The molecule has 0 unspecified atom stereocenters. The van der Waals surface area contributed by atoms with Crippen LogP contribution in [0.1, 0.15) is 12.8 Å². The number of alkyl halides is 2. The highest BCUT2D eigenvalue weighted by atomic mass is 35.5. The van der Waals surface area contributed by atoms with Crippen molar-refractivity contribution in [2.24, 2.45) is 5.41 Å². The molecule has 2 aliphatic rings. The van der Waals surface area contributed by atoms with Gasteiger partial charge in [0, 0.05) is 41.6 Å². The Morgan fingerprint density at radius 2 is 1.95 bits per heavy atom. The van der Waals surface area contributed by atoms with Crippen molar-refractivity contribution in [2.45, 2.75) is 18.8 Å². The SMILES string of the molecule is CN(C)CC1(COc2nc(N3CCNCC(F)(F)C3)c3cc(Cl)c(-c4ccc(F)c5sc(N)nc45)c(F)c3n2)CC1. The van der Waals surface area contributed by atoms with Crippen molar-refractivity contribution in [1.82, 2.24) is 25.2 Å². The second-order valence-corrected chi connectivity index (χ2v) is 12.5. The highest BCUT2D eigenvalue weighted by Crippen LogP contribution is 2.47. The Morgan fingerprint density at radius 3 is 2.68 bits per heavy atom. The summed E-state index contributed by atoms with van der Waals surface area (Å²) in [6.45, 7) is 0.447. The first kappa shape index (κ1) is 28.1. The Bertz CT molecular complexity index is 1650. The van der Waals surface area contributed by atoms with Crippen molar-refractivity contribution in [1.29, 1.82) is 0 Å². The van der Waals surface area contributed by atoms with E-state index in [0.717, 1.165) is 30.7 Å². The van der Waals surface area contributed by atoms with Crippen LogP contribution < -0.4 is 20.7 Å². The summed E-state index contributed by atoms with van der Waals surface area (Å²) in [6.07, 6.45) is 1.92. The standard InChI is InChI=1S/C27H28ClF4N7OS/c1-38(2)11-26(5-6-26)13-40-25-36-20-15(23(37-25)39-8-7-34-10-27(31,32)12-39)9-16(28)18(19(20)30)14-3-4-17(29)22-21(14)35-24(33)41-22/h3-4,9,34H,5-8,10-13H2,1-2H3,(H2,33,35). The lowest BCUT2D eigenvalue weighted by Gasteiger charge is -2.26. The van der Waals surface area contributed by atoms with Crippen molar-refractivity contribution in [3.05, 3.63) is 34.9 Å². The van der Waals surface area contributed by atoms with Gasteiger partial charge in [0.05, 0.1) is 34.9 Å². The third kappa shape index (κ3) is 5.47. The van der Waals surface area contributed by atoms with Crippen LogP contribution in [-0.4, -0.2) is 79.2 Å². The molecule has 14 heteroatoms. The lowest BCUT2D eigenvalue weighted by Crippen LogP contribution is -2.39. The van der Waals surface area contributed by atoms with E-state index in [4.69, 9.17) is 22.1 Å². The summed E-state index contributed by atoms with van der Waals surface area (Å²) in [7, 11) is 3.95. The molecule has 0 amide bonds. The Morgan fingerprint density at radius 1 is 1.17 bits per heavy atom. The highest BCUT2D eigenvalue weighted by molar-refractivity contribution is 7.22. The molecule has 8 nitrogen and oxygen atoms in total. The van der Waals surface area contributed by atoms with Gasteiger partial charge in [-0.25, -0.2) is 22.5 Å². The number of nitrogens with one attached hydrogen (secondary N) is 1. The summed E-state index contributed by atoms with van der Waals surface area (Å²) < 4.78 is 66.5. The zero-order chi connectivity index (χ0) is 29.1. The first-order valence-corrected chi connectivity index (χ1v) is 14.3. The van der Waals surface area contributed by atoms with E-state index in [1.54, 1.807) is 0 Å². The van der Waals surface area contributed by atoms with Crippen LogP contribution in [-0.2, 0) is 0 Å². The first-order chi connectivity index (χ1) is 19.5. The topological polar surface area (TPSA) is 92.4 Å². The van der Waals surface area contributed by atoms with Gasteiger partial charge < -0.3 is 25.6 Å². The van der Waals surface area contributed by atoms with Gasteiger partial charge in [0.15, 0.2) is 10.9 Å². The lowest BCUT2D eigenvalue weighted by molar-refractivity contribution is 0.0156. The van der Waals surface area contributed by atoms with E-state index in [-0.39, 0.29) is 72.7 Å². The van der Waals surface area contributed by atoms with E-state index in [1.165, 1.54) is 23.1 Å². The van der Waals surface area contributed by atoms with E-state index < -0.39 is 30.6 Å². The number of aromatic nitrogens is 3. The first-order valence-electron chi connectivity index (χ1n) is 13.1. The molecule has 1 aliphatic carbocycles. The van der Waals surface area contributed by atoms with Crippen LogP contribution in [0.5, 0.6) is 6.01 Å². The normalized spacial score (nSPS) is 18.3. The Kier molecular flexibility index (Phi) is 7.12. The van der Waals surface area contributed by atoms with Crippen molar-refractivity contribution in [2.75, 3.05) is 64.1 Å². The number of nitrogen functional groups attached to an aromatic ring is 1. The van der Waals surface area contributed by atoms with Gasteiger partial charge in [0.25, 0.3) is 5.92 Å². The molecular formula is C27H28ClF4N7OS. The van der Waals surface area contributed by atoms with Gasteiger partial charge in [-0.3, -0.25) is 0 Å². The average Bonchev–Trinajstić information content (AvgIpc) is 3.58. The number of nitrogens with two attached hydrogens (primary N) is 1. The van der Waals surface area contributed by atoms with Gasteiger partial charge in [-0.15, -0.1) is 0 Å². The van der Waals surface area contributed by atoms with E-state index in [9.17, 15) is 13.2 Å². The van der Waals surface area contributed by atoms with Gasteiger partial charge in [-0.2, -0.15) is 9.97 Å². The van der Waals surface area contributed by atoms with Crippen LogP contribution >= 0.6 is 22.9 Å². The van der Waals surface area contributed by atoms with Gasteiger partial charge in [0.2, 0.25) is 0 Å². The molecule has 0 atom stereocenters. The van der Waals surface area contributed by atoms with E-state index in [2.05, 4.69) is 25.2 Å². The van der Waals surface area contributed by atoms with Crippen LogP contribution in [0.2, 0.25) is 5.02 Å². The summed E-state index contributed by atoms with van der Waals surface area (Å²) >= 11 is 7.59. The fourth-order valence-corrected chi connectivity index (χ4v) is 6.46. The smallest absolute Gasteiger partial charge is 0.319 e. The number of hydrogen-bond donors (Lipinski definition) is 2. The molecule has 0 radical (unpaired) electrons. The summed E-state index contributed by atoms with van der Waals surface area (Å²) in [5, 5.41) is 2.97. The molecule has 0 bridgehead atoms. The summed E-state index contributed by atoms with van der Waals surface area (Å²) in [5.74, 6) is -4.32. The Hall–Kier alpha value is -3.00. The molecule has 2 aromatic carbocycles. The molecule has 3 N–H and O–H groups in total. The maximum Gasteiger partial charge on any atom is 0.319 e. The largest absolute Gasteiger partial charge is 0.463 e. The third-order valence-electron chi connectivity index (χ3n) is 7.40. The molecule has 2 aromatic heterocycles. The lowest BCUT2D eigenvalue weighted by atomic mass is 10.0. The number of benzene rings is 2. The van der Waals surface area contributed by atoms with E-state index in [1.807, 2.05) is 14.1 Å². The molecule has 3 heterocycles. The van der Waals surface area contributed by atoms with E-state index >= 15 is 4.39 Å². The Balaban J connectivity index is 1.51. The predicted octanol–water partition coefficient (Wildman–Crippen LogP) is 5.19. The molecule has 1 saturated heterocycles. The minimum atomic E-state index is -3.05. The molecule has 6 rings (SSSR count). The maximum absolute atomic E-state index is 16.5. The van der Waals surface area contributed by atoms with Crippen LogP contribution in [0, 0.1) is 17.0 Å². The van der Waals surface area contributed by atoms with Gasteiger partial charge >= 0.3 is 6.01 Å². The second-order valence-electron chi connectivity index (χ2n) is 11.1. The fraction of sp³-hybridized carbons (Fsp3) is 0.444. The number of rotatable bonds is 7. The highest BCUT2D eigenvalue weighted by Gasteiger charge is 2.44. The number of thiazole rings is 1. The molecule has 0 spiro atoms. The average molecular weight is 610 g/mol. The van der Waals surface area contributed by atoms with Crippen LogP contribution in [0.3, 0.4) is 0 Å². The predicted molar refractivity (Wildman–Crippen MR) is 153 cm³/mol. The van der Waals surface area contributed by atoms with Gasteiger partial charge in [-0.1, -0.05) is 22.9 Å². The number of nitrogens with zero attached hydrogens (tertiary/aromatic N) is 5. The van der Waals surface area contributed by atoms with Crippen molar-refractivity contribution in [3.8, 4) is 17.1 Å². The van der Waals surface area contributed by atoms with E-state index in [0.29, 0.717) is 6.61 Å². The minimum Gasteiger partial charge on any atom is -0.463 e. The molecule has 41 heavy (non-hydrogen) atoms. The zero-order valence-corrected chi connectivity index (χ0v) is 24.0. The number of anilines is 2. The van der Waals surface area contributed by atoms with Crippen LogP contribution in [0.4, 0.5) is 28.5 Å². The number of ether oxygens (including phenoxy) is 1. The van der Waals surface area contributed by atoms with Crippen molar-refractivity contribution < 1.29 is 22.3 Å². The Labute approximate surface area is 242 Å². The summed E-state index contributed by atoms with van der Waals surface area (Å²) in [4.78, 5) is 16.6. The van der Waals surface area contributed by atoms with Crippen molar-refractivity contribution in [3.63, 3.8) is 0 Å². The molecule has 2 fully saturated rings. The van der Waals surface area contributed by atoms with Gasteiger partial charge in [-0.05, 0) is 45.1 Å². The molecule has 4 aromatic rings. The zero-order valence-electron chi connectivity index (χ0n) is 22.4. The number of fused-ring (bicyclic) bond motifs is 2. The molecule has 218 valence electrons. The third-order valence-corrected chi connectivity index (χ3v) is 8.59. The monoisotopic (exact) mass is 609 g/mol. The summed E-state index contributed by atoms with van der Waals surface area (Å²) in [6, 6.07) is 3.91. The molecule has 1 aliphatic heterocycles. The minimum absolute atomic E-state index is 0.0318. The second kappa shape index (κ2) is 10.4. The van der Waals surface area contributed by atoms with Crippen LogP contribution in [0.15, 0.2) is 18.2 Å². The fourth-order valence-electron chi connectivity index (χ4n) is 5.40. The van der Waals surface area contributed by atoms with Gasteiger partial charge in [0.1, 0.15) is 17.2 Å². The van der Waals surface area contributed by atoms with Crippen molar-refractivity contribution >= 4 is 55.0 Å². The number of halogens is 5. The molecule has 1 saturated carbocycles. The number of hydrogen-bond acceptors (Lipinski definition) is 9. The van der Waals surface area contributed by atoms with Crippen LogP contribution in [0.25, 0.3) is 32.2 Å². The quantitative estimate of drug-likeness (QED) is 0.277. The summed E-state index contributed by atoms with van der Waals surface area (Å²) in [5.41, 5.74) is 5.95. The maximum atomic E-state index is 16.5.